The first kappa shape index (κ1) is 12.8. The lowest BCUT2D eigenvalue weighted by molar-refractivity contribution is 0.313. The molecule has 0 atom stereocenters. The van der Waals surface area contributed by atoms with Crippen LogP contribution in [0.2, 0.25) is 0 Å². The third kappa shape index (κ3) is 3.41. The SMILES string of the molecule is C#CCN(CC)Cc1cc(CNC)oc1C. The van der Waals surface area contributed by atoms with E-state index in [1.54, 1.807) is 0 Å². The third-order valence-corrected chi connectivity index (χ3v) is 2.58. The van der Waals surface area contributed by atoms with Crippen LogP contribution in [0, 0.1) is 19.3 Å². The summed E-state index contributed by atoms with van der Waals surface area (Å²) in [7, 11) is 1.91. The fourth-order valence-electron chi connectivity index (χ4n) is 1.66. The van der Waals surface area contributed by atoms with Crippen molar-refractivity contribution < 1.29 is 4.42 Å². The zero-order valence-corrected chi connectivity index (χ0v) is 10.3. The van der Waals surface area contributed by atoms with Crippen molar-refractivity contribution in [1.29, 1.82) is 0 Å². The summed E-state index contributed by atoms with van der Waals surface area (Å²) in [5, 5.41) is 3.08. The van der Waals surface area contributed by atoms with Crippen LogP contribution in [-0.4, -0.2) is 25.0 Å². The molecule has 0 aliphatic rings. The molecule has 1 aromatic heterocycles. The first-order valence-electron chi connectivity index (χ1n) is 5.59. The third-order valence-electron chi connectivity index (χ3n) is 2.58. The Hall–Kier alpha value is -1.24. The van der Waals surface area contributed by atoms with Gasteiger partial charge in [-0.2, -0.15) is 0 Å². The second-order valence-electron chi connectivity index (χ2n) is 3.83. The van der Waals surface area contributed by atoms with Crippen molar-refractivity contribution in [2.45, 2.75) is 26.9 Å². The zero-order chi connectivity index (χ0) is 12.0. The van der Waals surface area contributed by atoms with Crippen LogP contribution in [0.1, 0.15) is 24.0 Å². The summed E-state index contributed by atoms with van der Waals surface area (Å²) in [5.74, 6) is 4.64. The molecule has 3 heteroatoms. The predicted molar refractivity (Wildman–Crippen MR) is 66.0 cm³/mol. The van der Waals surface area contributed by atoms with E-state index >= 15 is 0 Å². The molecule has 16 heavy (non-hydrogen) atoms. The van der Waals surface area contributed by atoms with Gasteiger partial charge in [0.2, 0.25) is 0 Å². The fourth-order valence-corrected chi connectivity index (χ4v) is 1.66. The zero-order valence-electron chi connectivity index (χ0n) is 10.3. The summed E-state index contributed by atoms with van der Waals surface area (Å²) in [5.41, 5.74) is 1.22. The van der Waals surface area contributed by atoms with Crippen LogP contribution >= 0.6 is 0 Å². The Morgan fingerprint density at radius 3 is 2.88 bits per heavy atom. The highest BCUT2D eigenvalue weighted by molar-refractivity contribution is 5.21. The van der Waals surface area contributed by atoms with Crippen molar-refractivity contribution >= 4 is 0 Å². The van der Waals surface area contributed by atoms with Gasteiger partial charge >= 0.3 is 0 Å². The molecule has 1 rings (SSSR count). The van der Waals surface area contributed by atoms with Gasteiger partial charge in [-0.3, -0.25) is 4.90 Å². The second kappa shape index (κ2) is 6.37. The number of nitrogens with one attached hydrogen (secondary N) is 1. The lowest BCUT2D eigenvalue weighted by Crippen LogP contribution is -2.23. The van der Waals surface area contributed by atoms with Gasteiger partial charge in [0.25, 0.3) is 0 Å². The molecule has 1 aromatic rings. The summed E-state index contributed by atoms with van der Waals surface area (Å²) in [6, 6.07) is 2.10. The molecule has 1 N–H and O–H groups in total. The number of rotatable bonds is 6. The molecular formula is C13H20N2O. The van der Waals surface area contributed by atoms with E-state index in [0.29, 0.717) is 6.54 Å². The molecule has 0 radical (unpaired) electrons. The average molecular weight is 220 g/mol. The Morgan fingerprint density at radius 1 is 1.56 bits per heavy atom. The maximum atomic E-state index is 5.64. The number of nitrogens with zero attached hydrogens (tertiary/aromatic N) is 1. The Labute approximate surface area is 97.8 Å². The van der Waals surface area contributed by atoms with E-state index in [4.69, 9.17) is 10.8 Å². The van der Waals surface area contributed by atoms with Crippen LogP contribution in [0.15, 0.2) is 10.5 Å². The van der Waals surface area contributed by atoms with E-state index in [9.17, 15) is 0 Å². The molecule has 0 unspecified atom stereocenters. The molecule has 0 aliphatic carbocycles. The van der Waals surface area contributed by atoms with Gasteiger partial charge in [-0.15, -0.1) is 6.42 Å². The minimum atomic E-state index is 0.683. The number of terminal acetylenes is 1. The van der Waals surface area contributed by atoms with Gasteiger partial charge in [0.1, 0.15) is 11.5 Å². The maximum absolute atomic E-state index is 5.64. The normalized spacial score (nSPS) is 10.7. The number of aryl methyl sites for hydroxylation is 1. The van der Waals surface area contributed by atoms with Gasteiger partial charge in [-0.1, -0.05) is 12.8 Å². The topological polar surface area (TPSA) is 28.4 Å². The quantitative estimate of drug-likeness (QED) is 0.741. The second-order valence-corrected chi connectivity index (χ2v) is 3.83. The van der Waals surface area contributed by atoms with Crippen LogP contribution < -0.4 is 5.32 Å². The first-order chi connectivity index (χ1) is 7.71. The molecule has 0 spiro atoms. The molecule has 0 fully saturated rings. The Morgan fingerprint density at radius 2 is 2.31 bits per heavy atom. The van der Waals surface area contributed by atoms with Crippen LogP contribution in [0.5, 0.6) is 0 Å². The number of hydrogen-bond donors (Lipinski definition) is 1. The van der Waals surface area contributed by atoms with Crippen LogP contribution in [0.25, 0.3) is 0 Å². The van der Waals surface area contributed by atoms with Crippen molar-refractivity contribution in [3.05, 3.63) is 23.2 Å². The minimum Gasteiger partial charge on any atom is -0.465 e. The molecule has 0 bridgehead atoms. The smallest absolute Gasteiger partial charge is 0.118 e. The molecule has 1 heterocycles. The van der Waals surface area contributed by atoms with Crippen LogP contribution in [0.3, 0.4) is 0 Å². The standard InChI is InChI=1S/C13H20N2O/c1-5-7-15(6-2)10-12-8-13(9-14-4)16-11(12)3/h1,8,14H,6-7,9-10H2,2-4H3. The molecule has 0 aliphatic heterocycles. The van der Waals surface area contributed by atoms with E-state index in [1.165, 1.54) is 5.56 Å². The lowest BCUT2D eigenvalue weighted by atomic mass is 10.2. The monoisotopic (exact) mass is 220 g/mol. The van der Waals surface area contributed by atoms with Gasteiger partial charge in [0.05, 0.1) is 13.1 Å². The van der Waals surface area contributed by atoms with Crippen molar-refractivity contribution in [2.75, 3.05) is 20.1 Å². The molecule has 0 saturated carbocycles. The van der Waals surface area contributed by atoms with Crippen LogP contribution in [-0.2, 0) is 13.1 Å². The Balaban J connectivity index is 2.68. The van der Waals surface area contributed by atoms with E-state index < -0.39 is 0 Å². The van der Waals surface area contributed by atoms with E-state index in [0.717, 1.165) is 31.2 Å². The lowest BCUT2D eigenvalue weighted by Gasteiger charge is -2.16. The van der Waals surface area contributed by atoms with Crippen molar-refractivity contribution in [3.8, 4) is 12.3 Å². The highest BCUT2D eigenvalue weighted by Gasteiger charge is 2.09. The Bertz CT molecular complexity index is 362. The Kier molecular flexibility index (Phi) is 5.10. The van der Waals surface area contributed by atoms with Gasteiger partial charge in [-0.05, 0) is 26.6 Å². The molecule has 0 amide bonds. The van der Waals surface area contributed by atoms with E-state index in [1.807, 2.05) is 14.0 Å². The largest absolute Gasteiger partial charge is 0.465 e. The van der Waals surface area contributed by atoms with Crippen LogP contribution in [0.4, 0.5) is 0 Å². The summed E-state index contributed by atoms with van der Waals surface area (Å²) < 4.78 is 5.64. The summed E-state index contributed by atoms with van der Waals surface area (Å²) >= 11 is 0. The van der Waals surface area contributed by atoms with Crippen molar-refractivity contribution in [3.63, 3.8) is 0 Å². The van der Waals surface area contributed by atoms with Gasteiger partial charge < -0.3 is 9.73 Å². The van der Waals surface area contributed by atoms with Gasteiger partial charge in [0.15, 0.2) is 0 Å². The minimum absolute atomic E-state index is 0.683. The number of hydrogen-bond acceptors (Lipinski definition) is 3. The molecule has 0 aromatic carbocycles. The van der Waals surface area contributed by atoms with Gasteiger partial charge in [-0.25, -0.2) is 0 Å². The summed E-state index contributed by atoms with van der Waals surface area (Å²) in [6.45, 7) is 7.37. The summed E-state index contributed by atoms with van der Waals surface area (Å²) in [4.78, 5) is 2.21. The van der Waals surface area contributed by atoms with Crippen molar-refractivity contribution in [2.24, 2.45) is 0 Å². The van der Waals surface area contributed by atoms with E-state index in [2.05, 4.69) is 29.1 Å². The molecule has 0 saturated heterocycles. The highest BCUT2D eigenvalue weighted by Crippen LogP contribution is 2.16. The molecule has 3 nitrogen and oxygen atoms in total. The summed E-state index contributed by atoms with van der Waals surface area (Å²) in [6.07, 6.45) is 5.32. The highest BCUT2D eigenvalue weighted by atomic mass is 16.3. The number of furan rings is 1. The predicted octanol–water partition coefficient (Wildman–Crippen LogP) is 1.76. The van der Waals surface area contributed by atoms with Gasteiger partial charge in [0, 0.05) is 12.1 Å². The first-order valence-corrected chi connectivity index (χ1v) is 5.59. The van der Waals surface area contributed by atoms with Crippen molar-refractivity contribution in [1.82, 2.24) is 10.2 Å². The fraction of sp³-hybridized carbons (Fsp3) is 0.538. The average Bonchev–Trinajstić information content (AvgIpc) is 2.59. The van der Waals surface area contributed by atoms with E-state index in [-0.39, 0.29) is 0 Å². The molecular weight excluding hydrogens is 200 g/mol. The maximum Gasteiger partial charge on any atom is 0.118 e. The molecule has 88 valence electrons.